The fourth-order valence-corrected chi connectivity index (χ4v) is 24.5. The lowest BCUT2D eigenvalue weighted by Gasteiger charge is -3.08. The van der Waals surface area contributed by atoms with Gasteiger partial charge in [-0.2, -0.15) is 0 Å². The highest BCUT2D eigenvalue weighted by molar-refractivity contribution is 5.51. The maximum atomic E-state index is 2.77. The Kier molecular flexibility index (Phi) is 6.80. The molecular formula is C58H92. The number of rotatable bonds is 14. The van der Waals surface area contributed by atoms with E-state index in [0.717, 1.165) is 34.5 Å². The average molecular weight is 789 g/mol. The Balaban J connectivity index is 0.000000116. The van der Waals surface area contributed by atoms with E-state index in [1.165, 1.54) is 156 Å². The van der Waals surface area contributed by atoms with E-state index in [4.69, 9.17) is 0 Å². The van der Waals surface area contributed by atoms with Crippen molar-refractivity contribution in [1.29, 1.82) is 0 Å². The summed E-state index contributed by atoms with van der Waals surface area (Å²) >= 11 is 0. The van der Waals surface area contributed by atoms with E-state index in [2.05, 4.69) is 125 Å². The third-order valence-electron chi connectivity index (χ3n) is 29.4. The van der Waals surface area contributed by atoms with E-state index < -0.39 is 0 Å². The molecule has 0 heterocycles. The highest BCUT2D eigenvalue weighted by Gasteiger charge is 3.05. The lowest BCUT2D eigenvalue weighted by Crippen LogP contribution is -3.05. The summed E-state index contributed by atoms with van der Waals surface area (Å²) in [6.07, 6.45) is 8.71. The summed E-state index contributed by atoms with van der Waals surface area (Å²) in [6, 6.07) is 0. The van der Waals surface area contributed by atoms with Gasteiger partial charge in [-0.25, -0.2) is 0 Å². The minimum Gasteiger partial charge on any atom is -0.0649 e. The van der Waals surface area contributed by atoms with Crippen LogP contribution in [0.5, 0.6) is 0 Å². The van der Waals surface area contributed by atoms with E-state index >= 15 is 0 Å². The maximum absolute atomic E-state index is 2.77. The number of hydrogen-bond acceptors (Lipinski definition) is 0. The van der Waals surface area contributed by atoms with Gasteiger partial charge >= 0.3 is 0 Å². The molecule has 0 aromatic carbocycles. The minimum atomic E-state index is 0.357. The van der Waals surface area contributed by atoms with E-state index in [-0.39, 0.29) is 0 Å². The zero-order valence-corrected chi connectivity index (χ0v) is 41.3. The molecule has 0 saturated heterocycles. The predicted molar refractivity (Wildman–Crippen MR) is 240 cm³/mol. The largest absolute Gasteiger partial charge is 0.0649 e. The maximum Gasteiger partial charge on any atom is -0.0193 e. The molecule has 0 nitrogen and oxygen atoms in total. The summed E-state index contributed by atoms with van der Waals surface area (Å²) in [5.41, 5.74) is 4.15. The molecular weight excluding hydrogens is 697 g/mol. The molecule has 0 heteroatoms. The SMILES string of the molecule is C12C3C4C1C1C2C3C41.CCC(C)(C)C(C)(CC(C)C(C)C)C(C)(C)C.CCC(C)(C)C(C)(CC(CC12C3C4C5C3C1C5C42)C(C)CC12C3C4C5C3C1C5C42)C(C)(C)C. The van der Waals surface area contributed by atoms with Crippen molar-refractivity contribution in [1.82, 2.24) is 0 Å². The summed E-state index contributed by atoms with van der Waals surface area (Å²) in [6.45, 7) is 45.0. The van der Waals surface area contributed by atoms with Crippen molar-refractivity contribution in [2.45, 2.75) is 163 Å². The Labute approximate surface area is 358 Å². The molecule has 18 saturated carbocycles. The molecule has 0 radical (unpaired) electrons. The molecule has 18 aliphatic carbocycles. The standard InChI is InChI=1S/C33H48.C17H36.C8H8/c1-9-30(6,7)31(8,29(3,4)5)11-14(12-33-26-20-16-21(26)28(33)22(16)27(20)33)13(2)10-32-23-17-15-18(23)25(32)19(15)24(17)32;1-11-16(8,9)17(10,15(5,6)7)12-14(4)13(2)3;1-2-5-3(1)7-4(1)6(2)8(5)7/h13-28H,9-12H2,1-8H3;13-14H,11-12H2,1-10H3;1-8H. The Hall–Kier alpha value is 0. The second-order valence-corrected chi connectivity index (χ2v) is 31.0. The molecule has 18 fully saturated rings. The van der Waals surface area contributed by atoms with Crippen LogP contribution in [0.15, 0.2) is 0 Å². The lowest BCUT2D eigenvalue weighted by molar-refractivity contribution is -0.621. The van der Waals surface area contributed by atoms with Crippen molar-refractivity contribution >= 4 is 0 Å². The van der Waals surface area contributed by atoms with Crippen LogP contribution in [0.2, 0.25) is 0 Å². The third kappa shape index (κ3) is 3.32. The molecule has 18 rings (SSSR count). The van der Waals surface area contributed by atoms with Gasteiger partial charge in [-0.1, -0.05) is 137 Å². The first-order valence-corrected chi connectivity index (χ1v) is 26.9. The molecule has 0 amide bonds. The van der Waals surface area contributed by atoms with Gasteiger partial charge in [-0.15, -0.1) is 0 Å². The molecule has 5 unspecified atom stereocenters. The van der Waals surface area contributed by atoms with Crippen molar-refractivity contribution in [3.8, 4) is 0 Å². The van der Waals surface area contributed by atoms with Crippen molar-refractivity contribution in [2.24, 2.45) is 197 Å². The zero-order chi connectivity index (χ0) is 41.3. The number of hydrogen-bond donors (Lipinski definition) is 0. The van der Waals surface area contributed by atoms with Crippen molar-refractivity contribution in [3.63, 3.8) is 0 Å². The quantitative estimate of drug-likeness (QED) is 0.164. The van der Waals surface area contributed by atoms with Crippen molar-refractivity contribution in [2.75, 3.05) is 0 Å². The van der Waals surface area contributed by atoms with Gasteiger partial charge < -0.3 is 0 Å². The Morgan fingerprint density at radius 3 is 0.914 bits per heavy atom. The van der Waals surface area contributed by atoms with Gasteiger partial charge in [-0.3, -0.25) is 0 Å². The molecule has 18 aliphatic rings. The first-order valence-electron chi connectivity index (χ1n) is 26.9. The summed E-state index contributed by atoms with van der Waals surface area (Å²) in [5, 5.41) is 0. The van der Waals surface area contributed by atoms with Gasteiger partial charge in [0.05, 0.1) is 0 Å². The Morgan fingerprint density at radius 1 is 0.362 bits per heavy atom. The smallest absolute Gasteiger partial charge is 0.0193 e. The van der Waals surface area contributed by atoms with E-state index in [9.17, 15) is 0 Å². The van der Waals surface area contributed by atoms with Gasteiger partial charge in [0.15, 0.2) is 0 Å². The van der Waals surface area contributed by atoms with Crippen LogP contribution in [-0.2, 0) is 0 Å². The molecule has 324 valence electrons. The van der Waals surface area contributed by atoms with Gasteiger partial charge in [0.1, 0.15) is 0 Å². The zero-order valence-electron chi connectivity index (χ0n) is 41.3. The van der Waals surface area contributed by atoms with Crippen LogP contribution in [0, 0.1) is 197 Å². The molecule has 0 N–H and O–H groups in total. The highest BCUT2D eigenvalue weighted by Crippen LogP contribution is 3.08. The Morgan fingerprint density at radius 2 is 0.638 bits per heavy atom. The van der Waals surface area contributed by atoms with E-state index in [1.54, 1.807) is 12.8 Å². The summed E-state index contributed by atoms with van der Waals surface area (Å²) in [4.78, 5) is 0. The highest BCUT2D eigenvalue weighted by atomic mass is 15.1. The van der Waals surface area contributed by atoms with Gasteiger partial charge in [-0.05, 0) is 223 Å². The van der Waals surface area contributed by atoms with Crippen LogP contribution in [0.25, 0.3) is 0 Å². The Bertz CT molecular complexity index is 1610. The predicted octanol–water partition coefficient (Wildman–Crippen LogP) is 14.8. The van der Waals surface area contributed by atoms with Gasteiger partial charge in [0.2, 0.25) is 0 Å². The fourth-order valence-electron chi connectivity index (χ4n) is 24.5. The molecule has 5 atom stereocenters. The topological polar surface area (TPSA) is 0 Å². The molecule has 0 aromatic heterocycles. The monoisotopic (exact) mass is 789 g/mol. The summed E-state index contributed by atoms with van der Waals surface area (Å²) < 4.78 is 0. The minimum absolute atomic E-state index is 0.357. The van der Waals surface area contributed by atoms with Crippen molar-refractivity contribution in [3.05, 3.63) is 0 Å². The first kappa shape index (κ1) is 38.5. The van der Waals surface area contributed by atoms with Crippen LogP contribution >= 0.6 is 0 Å². The van der Waals surface area contributed by atoms with Crippen LogP contribution in [-0.4, -0.2) is 0 Å². The van der Waals surface area contributed by atoms with E-state index in [1.807, 2.05) is 0 Å². The molecule has 0 spiro atoms. The molecule has 0 aliphatic heterocycles. The summed E-state index contributed by atoms with van der Waals surface area (Å²) in [7, 11) is 0. The summed E-state index contributed by atoms with van der Waals surface area (Å²) in [5.74, 6) is 31.8. The molecule has 0 aromatic rings. The fraction of sp³-hybridized carbons (Fsp3) is 1.00. The van der Waals surface area contributed by atoms with Crippen LogP contribution in [0.1, 0.15) is 163 Å². The second-order valence-electron chi connectivity index (χ2n) is 31.0. The first-order chi connectivity index (χ1) is 26.9. The van der Waals surface area contributed by atoms with Crippen LogP contribution in [0.3, 0.4) is 0 Å². The van der Waals surface area contributed by atoms with Gasteiger partial charge in [0.25, 0.3) is 0 Å². The average Bonchev–Trinajstić information content (AvgIpc) is 3.17. The third-order valence-corrected chi connectivity index (χ3v) is 29.4. The molecule has 0 bridgehead atoms. The second kappa shape index (κ2) is 10.3. The van der Waals surface area contributed by atoms with Crippen molar-refractivity contribution < 1.29 is 0 Å². The lowest BCUT2D eigenvalue weighted by atomic mass is 8.96. The van der Waals surface area contributed by atoms with Crippen LogP contribution in [0.4, 0.5) is 0 Å². The van der Waals surface area contributed by atoms with E-state index in [0.29, 0.717) is 32.5 Å². The van der Waals surface area contributed by atoms with Crippen LogP contribution < -0.4 is 0 Å². The van der Waals surface area contributed by atoms with Gasteiger partial charge in [0, 0.05) is 0 Å². The normalized spacial score (nSPS) is 59.6. The molecule has 58 heavy (non-hydrogen) atoms.